The number of likely N-dealkylation sites (N-methyl/N-ethyl adjacent to an activating group) is 1. The summed E-state index contributed by atoms with van der Waals surface area (Å²) in [5, 5.41) is 5.42. The van der Waals surface area contributed by atoms with Gasteiger partial charge in [0, 0.05) is 12.2 Å². The van der Waals surface area contributed by atoms with Gasteiger partial charge in [-0.1, -0.05) is 13.3 Å². The molecule has 1 atom stereocenters. The summed E-state index contributed by atoms with van der Waals surface area (Å²) in [4.78, 5) is 25.7. The zero-order valence-corrected chi connectivity index (χ0v) is 12.8. The van der Waals surface area contributed by atoms with Crippen LogP contribution in [0.3, 0.4) is 0 Å². The van der Waals surface area contributed by atoms with Crippen molar-refractivity contribution < 1.29 is 14.3 Å². The molecule has 0 fully saturated rings. The van der Waals surface area contributed by atoms with Crippen molar-refractivity contribution in [1.82, 2.24) is 15.5 Å². The quantitative estimate of drug-likeness (QED) is 0.690. The summed E-state index contributed by atoms with van der Waals surface area (Å²) in [6.07, 6.45) is 2.19. The highest BCUT2D eigenvalue weighted by Gasteiger charge is 2.29. The minimum Gasteiger partial charge on any atom is -0.463 e. The monoisotopic (exact) mass is 283 g/mol. The molecule has 1 rings (SSSR count). The van der Waals surface area contributed by atoms with Gasteiger partial charge in [-0.25, -0.2) is 9.59 Å². The molecule has 1 unspecified atom stereocenters. The van der Waals surface area contributed by atoms with Crippen molar-refractivity contribution in [2.75, 3.05) is 26.7 Å². The molecule has 6 heteroatoms. The standard InChI is InChI=1S/C14H25N3O3/c1-5-7-8-17(4)9-11-12(13(18)20-6-2)10(3)15-14(19)16-11/h10H,5-9H2,1-4H3,(H2,15,16,19). The van der Waals surface area contributed by atoms with Gasteiger partial charge in [-0.15, -0.1) is 0 Å². The summed E-state index contributed by atoms with van der Waals surface area (Å²) < 4.78 is 5.07. The number of hydrogen-bond acceptors (Lipinski definition) is 4. The lowest BCUT2D eigenvalue weighted by molar-refractivity contribution is -0.139. The molecular formula is C14H25N3O3. The van der Waals surface area contributed by atoms with Gasteiger partial charge in [0.25, 0.3) is 0 Å². The van der Waals surface area contributed by atoms with Crippen LogP contribution in [0.5, 0.6) is 0 Å². The van der Waals surface area contributed by atoms with Crippen LogP contribution in [0.1, 0.15) is 33.6 Å². The van der Waals surface area contributed by atoms with E-state index in [1.165, 1.54) is 0 Å². The lowest BCUT2D eigenvalue weighted by atomic mass is 10.0. The molecule has 1 aliphatic rings. The van der Waals surface area contributed by atoms with E-state index in [4.69, 9.17) is 4.74 Å². The first-order valence-electron chi connectivity index (χ1n) is 7.15. The molecule has 6 nitrogen and oxygen atoms in total. The van der Waals surface area contributed by atoms with Crippen LogP contribution in [0.4, 0.5) is 4.79 Å². The summed E-state index contributed by atoms with van der Waals surface area (Å²) in [5.74, 6) is -0.369. The highest BCUT2D eigenvalue weighted by atomic mass is 16.5. The molecule has 0 bridgehead atoms. The first-order chi connectivity index (χ1) is 9.49. The number of carbonyl (C=O) groups is 2. The minimum atomic E-state index is -0.369. The Hall–Kier alpha value is -1.56. The summed E-state index contributed by atoms with van der Waals surface area (Å²) in [6.45, 7) is 7.47. The molecule has 2 amide bonds. The first-order valence-corrected chi connectivity index (χ1v) is 7.15. The smallest absolute Gasteiger partial charge is 0.337 e. The van der Waals surface area contributed by atoms with Gasteiger partial charge in [-0.05, 0) is 33.9 Å². The van der Waals surface area contributed by atoms with Gasteiger partial charge in [0.1, 0.15) is 0 Å². The van der Waals surface area contributed by atoms with E-state index in [1.54, 1.807) is 13.8 Å². The van der Waals surface area contributed by atoms with Crippen LogP contribution in [-0.4, -0.2) is 49.7 Å². The van der Waals surface area contributed by atoms with Crippen LogP contribution in [0, 0.1) is 0 Å². The minimum absolute atomic E-state index is 0.274. The van der Waals surface area contributed by atoms with E-state index in [0.717, 1.165) is 19.4 Å². The molecule has 114 valence electrons. The van der Waals surface area contributed by atoms with Crippen LogP contribution < -0.4 is 10.6 Å². The van der Waals surface area contributed by atoms with Crippen molar-refractivity contribution in [3.8, 4) is 0 Å². The fraction of sp³-hybridized carbons (Fsp3) is 0.714. The molecule has 0 aromatic rings. The topological polar surface area (TPSA) is 70.7 Å². The average molecular weight is 283 g/mol. The lowest BCUT2D eigenvalue weighted by Gasteiger charge is -2.29. The van der Waals surface area contributed by atoms with E-state index in [1.807, 2.05) is 7.05 Å². The van der Waals surface area contributed by atoms with Crippen molar-refractivity contribution in [1.29, 1.82) is 0 Å². The number of hydrogen-bond donors (Lipinski definition) is 2. The van der Waals surface area contributed by atoms with Gasteiger partial charge in [-0.3, -0.25) is 0 Å². The van der Waals surface area contributed by atoms with Crippen LogP contribution in [0.15, 0.2) is 11.3 Å². The summed E-state index contributed by atoms with van der Waals surface area (Å²) in [5.41, 5.74) is 1.15. The van der Waals surface area contributed by atoms with Crippen LogP contribution >= 0.6 is 0 Å². The van der Waals surface area contributed by atoms with Gasteiger partial charge in [-0.2, -0.15) is 0 Å². The molecule has 20 heavy (non-hydrogen) atoms. The van der Waals surface area contributed by atoms with Crippen LogP contribution in [-0.2, 0) is 9.53 Å². The molecule has 0 radical (unpaired) electrons. The van der Waals surface area contributed by atoms with Gasteiger partial charge in [0.05, 0.1) is 18.2 Å². The predicted octanol–water partition coefficient (Wildman–Crippen LogP) is 1.24. The summed E-state index contributed by atoms with van der Waals surface area (Å²) in [7, 11) is 1.98. The molecule has 0 aliphatic carbocycles. The second-order valence-electron chi connectivity index (χ2n) is 5.02. The number of carbonyl (C=O) groups excluding carboxylic acids is 2. The number of amides is 2. The number of rotatable bonds is 7. The zero-order chi connectivity index (χ0) is 15.1. The molecule has 1 aliphatic heterocycles. The third-order valence-electron chi connectivity index (χ3n) is 3.19. The maximum absolute atomic E-state index is 12.0. The second kappa shape index (κ2) is 7.89. The van der Waals surface area contributed by atoms with E-state index >= 15 is 0 Å². The molecule has 0 saturated heterocycles. The number of unbranched alkanes of at least 4 members (excludes halogenated alkanes) is 1. The fourth-order valence-electron chi connectivity index (χ4n) is 2.18. The van der Waals surface area contributed by atoms with E-state index in [2.05, 4.69) is 22.5 Å². The lowest BCUT2D eigenvalue weighted by Crippen LogP contribution is -2.51. The molecule has 0 saturated carbocycles. The first kappa shape index (κ1) is 16.5. The van der Waals surface area contributed by atoms with Crippen LogP contribution in [0.2, 0.25) is 0 Å². The summed E-state index contributed by atoms with van der Waals surface area (Å²) >= 11 is 0. The second-order valence-corrected chi connectivity index (χ2v) is 5.02. The van der Waals surface area contributed by atoms with Crippen LogP contribution in [0.25, 0.3) is 0 Å². The third-order valence-corrected chi connectivity index (χ3v) is 3.19. The number of nitrogens with one attached hydrogen (secondary N) is 2. The van der Waals surface area contributed by atoms with E-state index in [9.17, 15) is 9.59 Å². The Morgan fingerprint density at radius 1 is 1.40 bits per heavy atom. The predicted molar refractivity (Wildman–Crippen MR) is 77.2 cm³/mol. The van der Waals surface area contributed by atoms with E-state index < -0.39 is 0 Å². The van der Waals surface area contributed by atoms with E-state index in [0.29, 0.717) is 24.4 Å². The molecule has 0 aromatic heterocycles. The molecular weight excluding hydrogens is 258 g/mol. The maximum atomic E-state index is 12.0. The van der Waals surface area contributed by atoms with Crippen molar-refractivity contribution in [2.45, 2.75) is 39.7 Å². The Morgan fingerprint density at radius 3 is 2.70 bits per heavy atom. The van der Waals surface area contributed by atoms with Gasteiger partial charge < -0.3 is 20.3 Å². The normalized spacial score (nSPS) is 18.9. The Labute approximate surface area is 120 Å². The molecule has 0 spiro atoms. The van der Waals surface area contributed by atoms with Gasteiger partial charge >= 0.3 is 12.0 Å². The number of ether oxygens (including phenoxy) is 1. The Bertz CT molecular complexity index is 393. The number of esters is 1. The van der Waals surface area contributed by atoms with Crippen molar-refractivity contribution >= 4 is 12.0 Å². The Balaban J connectivity index is 2.88. The highest BCUT2D eigenvalue weighted by Crippen LogP contribution is 2.15. The number of urea groups is 1. The number of nitrogens with zero attached hydrogens (tertiary/aromatic N) is 1. The van der Waals surface area contributed by atoms with Gasteiger partial charge in [0.2, 0.25) is 0 Å². The van der Waals surface area contributed by atoms with E-state index in [-0.39, 0.29) is 18.0 Å². The average Bonchev–Trinajstić information content (AvgIpc) is 2.35. The third kappa shape index (κ3) is 4.52. The van der Waals surface area contributed by atoms with Gasteiger partial charge in [0.15, 0.2) is 0 Å². The maximum Gasteiger partial charge on any atom is 0.337 e. The Morgan fingerprint density at radius 2 is 2.10 bits per heavy atom. The summed E-state index contributed by atoms with van der Waals surface area (Å²) in [6, 6.07) is -0.609. The molecule has 1 heterocycles. The van der Waals surface area contributed by atoms with Crippen molar-refractivity contribution in [3.63, 3.8) is 0 Å². The van der Waals surface area contributed by atoms with Crippen molar-refractivity contribution in [2.24, 2.45) is 0 Å². The zero-order valence-electron chi connectivity index (χ0n) is 12.8. The molecule has 2 N–H and O–H groups in total. The SMILES string of the molecule is CCCCN(C)CC1=C(C(=O)OCC)C(C)NC(=O)N1. The molecule has 0 aromatic carbocycles. The fourth-order valence-corrected chi connectivity index (χ4v) is 2.18. The largest absolute Gasteiger partial charge is 0.463 e. The Kier molecular flexibility index (Phi) is 6.51. The highest BCUT2D eigenvalue weighted by molar-refractivity contribution is 5.94. The van der Waals surface area contributed by atoms with Crippen molar-refractivity contribution in [3.05, 3.63) is 11.3 Å².